The van der Waals surface area contributed by atoms with E-state index in [4.69, 9.17) is 20.9 Å². The highest BCUT2D eigenvalue weighted by atomic mass is 32.9. The fourth-order valence-corrected chi connectivity index (χ4v) is 5.74. The van der Waals surface area contributed by atoms with Crippen molar-refractivity contribution in [2.45, 2.75) is 61.3 Å². The van der Waals surface area contributed by atoms with Gasteiger partial charge in [-0.25, -0.2) is 0 Å². The minimum absolute atomic E-state index is 0.125. The van der Waals surface area contributed by atoms with Gasteiger partial charge in [0.25, 0.3) is 0 Å². The Morgan fingerprint density at radius 1 is 0.947 bits per heavy atom. The Labute approximate surface area is 129 Å². The molecule has 0 aliphatic heterocycles. The first kappa shape index (κ1) is 19.9. The highest BCUT2D eigenvalue weighted by molar-refractivity contribution is 8.67. The summed E-state index contributed by atoms with van der Waals surface area (Å²) in [6.45, 7) is 16.5. The lowest BCUT2D eigenvalue weighted by molar-refractivity contribution is 0.155. The first-order valence-corrected chi connectivity index (χ1v) is 11.2. The van der Waals surface area contributed by atoms with E-state index < -0.39 is 5.69 Å². The van der Waals surface area contributed by atoms with Crippen LogP contribution in [0, 0.1) is 10.8 Å². The summed E-state index contributed by atoms with van der Waals surface area (Å²) >= 11 is 7.39. The average molecular weight is 327 g/mol. The van der Waals surface area contributed by atoms with Crippen LogP contribution in [0.5, 0.6) is 0 Å². The molecule has 0 heterocycles. The van der Waals surface area contributed by atoms with Crippen LogP contribution in [0.4, 0.5) is 0 Å². The van der Waals surface area contributed by atoms with E-state index >= 15 is 0 Å². The molecule has 0 atom stereocenters. The summed E-state index contributed by atoms with van der Waals surface area (Å²) in [5, 5.41) is 0. The van der Waals surface area contributed by atoms with E-state index in [1.165, 1.54) is 12.8 Å². The smallest absolute Gasteiger partial charge is 0.247 e. The summed E-state index contributed by atoms with van der Waals surface area (Å²) < 4.78 is 12.0. The molecule has 0 radical (unpaired) electrons. The summed E-state index contributed by atoms with van der Waals surface area (Å²) in [7, 11) is 0. The predicted molar refractivity (Wildman–Crippen MR) is 92.5 cm³/mol. The van der Waals surface area contributed by atoms with E-state index in [1.54, 1.807) is 11.4 Å². The highest BCUT2D eigenvalue weighted by Gasteiger charge is 2.25. The number of rotatable bonds is 8. The van der Waals surface area contributed by atoms with Gasteiger partial charge in [-0.05, 0) is 29.1 Å². The third-order valence-corrected chi connectivity index (χ3v) is 7.45. The molecule has 0 aromatic rings. The van der Waals surface area contributed by atoms with Gasteiger partial charge in [0.05, 0.1) is 13.2 Å². The Morgan fingerprint density at radius 2 is 1.37 bits per heavy atom. The van der Waals surface area contributed by atoms with E-state index in [9.17, 15) is 0 Å². The van der Waals surface area contributed by atoms with Gasteiger partial charge in [-0.1, -0.05) is 66.3 Å². The van der Waals surface area contributed by atoms with Crippen LogP contribution in [0.15, 0.2) is 0 Å². The monoisotopic (exact) mass is 326 g/mol. The zero-order chi connectivity index (χ0) is 15.2. The fraction of sp³-hybridized carbons (Fsp3) is 1.00. The average Bonchev–Trinajstić information content (AvgIpc) is 2.23. The molecule has 0 rings (SSSR count). The lowest BCUT2D eigenvalue weighted by Gasteiger charge is -2.29. The molecule has 0 fully saturated rings. The van der Waals surface area contributed by atoms with Crippen LogP contribution in [0.25, 0.3) is 0 Å². The van der Waals surface area contributed by atoms with E-state index in [-0.39, 0.29) is 10.8 Å². The molecule has 0 saturated heterocycles. The molecule has 0 aliphatic rings. The second-order valence-corrected chi connectivity index (χ2v) is 13.7. The van der Waals surface area contributed by atoms with Crippen molar-refractivity contribution in [1.29, 1.82) is 0 Å². The molecule has 0 saturated carbocycles. The minimum atomic E-state index is -2.19. The Balaban J connectivity index is 4.49. The van der Waals surface area contributed by atoms with E-state index in [0.29, 0.717) is 13.2 Å². The van der Waals surface area contributed by atoms with Crippen LogP contribution in [0.2, 0.25) is 0 Å². The maximum absolute atomic E-state index is 6.00. The highest BCUT2D eigenvalue weighted by Crippen LogP contribution is 2.62. The third-order valence-electron chi connectivity index (χ3n) is 2.06. The second kappa shape index (κ2) is 8.38. The molecule has 0 spiro atoms. The molecular formula is C14H31O2PS2. The van der Waals surface area contributed by atoms with Gasteiger partial charge in [0.2, 0.25) is 5.69 Å². The first-order chi connectivity index (χ1) is 8.47. The molecule has 0 N–H and O–H groups in total. The molecule has 0 unspecified atom stereocenters. The largest absolute Gasteiger partial charge is 0.321 e. The summed E-state index contributed by atoms with van der Waals surface area (Å²) in [5.74, 6) is 1.03. The van der Waals surface area contributed by atoms with Gasteiger partial charge in [0.15, 0.2) is 0 Å². The van der Waals surface area contributed by atoms with E-state index in [1.807, 2.05) is 0 Å². The van der Waals surface area contributed by atoms with Gasteiger partial charge in [-0.2, -0.15) is 0 Å². The second-order valence-electron chi connectivity index (χ2n) is 7.30. The molecule has 0 amide bonds. The molecule has 116 valence electrons. The number of hydrogen-bond donors (Lipinski definition) is 0. The van der Waals surface area contributed by atoms with Gasteiger partial charge in [0.1, 0.15) is 0 Å². The Kier molecular flexibility index (Phi) is 8.79. The van der Waals surface area contributed by atoms with Crippen LogP contribution in [0.1, 0.15) is 61.3 Å². The predicted octanol–water partition coefficient (Wildman–Crippen LogP) is 5.87. The summed E-state index contributed by atoms with van der Waals surface area (Å²) in [6, 6.07) is 0. The van der Waals surface area contributed by atoms with Crippen LogP contribution >= 0.6 is 17.1 Å². The molecule has 19 heavy (non-hydrogen) atoms. The van der Waals surface area contributed by atoms with Crippen molar-refractivity contribution in [3.63, 3.8) is 0 Å². The molecule has 0 aliphatic carbocycles. The SMILES string of the molecule is CCCCSP(=S)(OCC(C)(C)C)OCC(C)(C)C. The normalized spacial score (nSPS) is 13.8. The summed E-state index contributed by atoms with van der Waals surface area (Å²) in [5.41, 5.74) is -1.94. The summed E-state index contributed by atoms with van der Waals surface area (Å²) in [6.07, 6.45) is 2.35. The Morgan fingerprint density at radius 3 is 1.68 bits per heavy atom. The molecule has 0 aromatic heterocycles. The number of hydrogen-bond acceptors (Lipinski definition) is 4. The maximum atomic E-state index is 6.00. The van der Waals surface area contributed by atoms with Crippen LogP contribution < -0.4 is 0 Å². The van der Waals surface area contributed by atoms with E-state index in [0.717, 1.165) is 5.75 Å². The maximum Gasteiger partial charge on any atom is 0.247 e. The van der Waals surface area contributed by atoms with Crippen molar-refractivity contribution in [2.75, 3.05) is 19.0 Å². The van der Waals surface area contributed by atoms with Gasteiger partial charge in [-0.3, -0.25) is 0 Å². The Hall–Kier alpha value is 0.920. The molecule has 0 bridgehead atoms. The van der Waals surface area contributed by atoms with Crippen molar-refractivity contribution >= 4 is 28.9 Å². The van der Waals surface area contributed by atoms with Crippen LogP contribution in [0.3, 0.4) is 0 Å². The first-order valence-electron chi connectivity index (χ1n) is 7.01. The van der Waals surface area contributed by atoms with Gasteiger partial charge in [-0.15, -0.1) is 0 Å². The van der Waals surface area contributed by atoms with Crippen molar-refractivity contribution in [3.05, 3.63) is 0 Å². The van der Waals surface area contributed by atoms with Gasteiger partial charge in [0, 0.05) is 5.75 Å². The zero-order valence-corrected chi connectivity index (χ0v) is 16.1. The van der Waals surface area contributed by atoms with Crippen molar-refractivity contribution in [2.24, 2.45) is 10.8 Å². The minimum Gasteiger partial charge on any atom is -0.321 e. The third kappa shape index (κ3) is 12.4. The zero-order valence-electron chi connectivity index (χ0n) is 13.6. The van der Waals surface area contributed by atoms with Crippen LogP contribution in [-0.4, -0.2) is 19.0 Å². The summed E-state index contributed by atoms with van der Waals surface area (Å²) in [4.78, 5) is 0. The lowest BCUT2D eigenvalue weighted by atomic mass is 9.99. The molecule has 2 nitrogen and oxygen atoms in total. The van der Waals surface area contributed by atoms with Crippen molar-refractivity contribution in [1.82, 2.24) is 0 Å². The number of unbranched alkanes of at least 4 members (excludes halogenated alkanes) is 1. The van der Waals surface area contributed by atoms with Gasteiger partial charge < -0.3 is 9.05 Å². The van der Waals surface area contributed by atoms with E-state index in [2.05, 4.69) is 48.5 Å². The van der Waals surface area contributed by atoms with Crippen molar-refractivity contribution < 1.29 is 9.05 Å². The quantitative estimate of drug-likeness (QED) is 0.410. The Bertz CT molecular complexity index is 271. The fourth-order valence-electron chi connectivity index (χ4n) is 0.978. The van der Waals surface area contributed by atoms with Crippen LogP contribution in [-0.2, 0) is 20.9 Å². The molecule has 0 aromatic carbocycles. The lowest BCUT2D eigenvalue weighted by Crippen LogP contribution is -2.16. The topological polar surface area (TPSA) is 18.5 Å². The molecular weight excluding hydrogens is 295 g/mol. The standard InChI is InChI=1S/C14H31O2PS2/c1-8-9-10-19-17(18,15-11-13(2,3)4)16-12-14(5,6)7/h8-12H2,1-7H3. The molecule has 5 heteroatoms. The van der Waals surface area contributed by atoms with Crippen molar-refractivity contribution in [3.8, 4) is 0 Å². The van der Waals surface area contributed by atoms with Gasteiger partial charge >= 0.3 is 0 Å².